The summed E-state index contributed by atoms with van der Waals surface area (Å²) in [5, 5.41) is 0. The van der Waals surface area contributed by atoms with Gasteiger partial charge in [-0.3, -0.25) is 4.79 Å². The van der Waals surface area contributed by atoms with Gasteiger partial charge in [0.15, 0.2) is 0 Å². The maximum absolute atomic E-state index is 10.2. The number of primary amides is 1. The normalized spacial score (nSPS) is 9.55. The Hall–Kier alpha value is -1.51. The van der Waals surface area contributed by atoms with Crippen LogP contribution in [0.15, 0.2) is 36.6 Å². The van der Waals surface area contributed by atoms with Gasteiger partial charge in [-0.1, -0.05) is 13.2 Å². The zero-order chi connectivity index (χ0) is 8.85. The van der Waals surface area contributed by atoms with Gasteiger partial charge in [-0.15, -0.1) is 0 Å². The molecule has 0 atom stereocenters. The number of rotatable bonds is 4. The van der Waals surface area contributed by atoms with Crippen molar-refractivity contribution in [1.29, 1.82) is 0 Å². The molecule has 0 saturated carbocycles. The lowest BCUT2D eigenvalue weighted by Crippen LogP contribution is -2.05. The first kappa shape index (κ1) is 9.49. The molecule has 3 heteroatoms. The summed E-state index contributed by atoms with van der Waals surface area (Å²) in [6.07, 6.45) is 2.65. The third-order valence-electron chi connectivity index (χ3n) is 1.05. The number of nitrogens with two attached hydrogens (primary N) is 1. The molecule has 0 spiro atoms. The molecule has 11 heavy (non-hydrogen) atoms. The average Bonchev–Trinajstić information content (AvgIpc) is 1.98. The van der Waals surface area contributed by atoms with Crippen molar-refractivity contribution in [3.63, 3.8) is 0 Å². The van der Waals surface area contributed by atoms with Gasteiger partial charge in [0, 0.05) is 11.6 Å². The predicted molar refractivity (Wildman–Crippen MR) is 43.6 cm³/mol. The SMILES string of the molecule is C=C(/C=C\C(N)=O)C(=C)OC. The first-order valence-corrected chi connectivity index (χ1v) is 2.97. The molecular formula is C8H11NO2. The number of amides is 1. The van der Waals surface area contributed by atoms with Gasteiger partial charge in [0.05, 0.1) is 7.11 Å². The first-order chi connectivity index (χ1) is 5.07. The van der Waals surface area contributed by atoms with Gasteiger partial charge in [-0.2, -0.15) is 0 Å². The maximum atomic E-state index is 10.2. The number of carbonyl (C=O) groups is 1. The quantitative estimate of drug-likeness (QED) is 0.368. The van der Waals surface area contributed by atoms with Crippen molar-refractivity contribution < 1.29 is 9.53 Å². The lowest BCUT2D eigenvalue weighted by molar-refractivity contribution is -0.113. The fourth-order valence-corrected chi connectivity index (χ4v) is 0.407. The van der Waals surface area contributed by atoms with E-state index in [0.29, 0.717) is 11.3 Å². The van der Waals surface area contributed by atoms with Crippen molar-refractivity contribution in [2.24, 2.45) is 5.73 Å². The molecule has 0 unspecified atom stereocenters. The standard InChI is InChI=1S/C8H11NO2/c1-6(7(2)11-3)4-5-8(9)10/h4-5H,1-2H2,3H3,(H2,9,10)/b5-4-. The van der Waals surface area contributed by atoms with E-state index in [1.807, 2.05) is 0 Å². The Bertz CT molecular complexity index is 216. The Kier molecular flexibility index (Phi) is 3.73. The van der Waals surface area contributed by atoms with E-state index >= 15 is 0 Å². The first-order valence-electron chi connectivity index (χ1n) is 2.97. The van der Waals surface area contributed by atoms with Gasteiger partial charge in [0.1, 0.15) is 5.76 Å². The molecule has 0 fully saturated rings. The second-order valence-electron chi connectivity index (χ2n) is 1.89. The second-order valence-corrected chi connectivity index (χ2v) is 1.89. The minimum atomic E-state index is -0.518. The third-order valence-corrected chi connectivity index (χ3v) is 1.05. The van der Waals surface area contributed by atoms with Gasteiger partial charge >= 0.3 is 0 Å². The summed E-state index contributed by atoms with van der Waals surface area (Å²) in [6.45, 7) is 7.10. The fraction of sp³-hybridized carbons (Fsp3) is 0.125. The smallest absolute Gasteiger partial charge is 0.241 e. The summed E-state index contributed by atoms with van der Waals surface area (Å²) in [4.78, 5) is 10.2. The van der Waals surface area contributed by atoms with Crippen LogP contribution in [-0.4, -0.2) is 13.0 Å². The molecule has 0 bridgehead atoms. The van der Waals surface area contributed by atoms with Crippen LogP contribution < -0.4 is 5.73 Å². The van der Waals surface area contributed by atoms with Crippen molar-refractivity contribution in [3.8, 4) is 0 Å². The number of methoxy groups -OCH3 is 1. The van der Waals surface area contributed by atoms with Crippen molar-refractivity contribution in [2.75, 3.05) is 7.11 Å². The Labute approximate surface area is 65.8 Å². The van der Waals surface area contributed by atoms with E-state index in [9.17, 15) is 4.79 Å². The average molecular weight is 153 g/mol. The molecule has 3 nitrogen and oxygen atoms in total. The monoisotopic (exact) mass is 153 g/mol. The van der Waals surface area contributed by atoms with E-state index in [1.165, 1.54) is 19.3 Å². The minimum absolute atomic E-state index is 0.419. The molecule has 0 aliphatic heterocycles. The van der Waals surface area contributed by atoms with Gasteiger partial charge in [-0.25, -0.2) is 0 Å². The van der Waals surface area contributed by atoms with Crippen molar-refractivity contribution >= 4 is 5.91 Å². The molecule has 1 amide bonds. The zero-order valence-corrected chi connectivity index (χ0v) is 6.46. The zero-order valence-electron chi connectivity index (χ0n) is 6.46. The van der Waals surface area contributed by atoms with Gasteiger partial charge in [-0.05, 0) is 6.08 Å². The van der Waals surface area contributed by atoms with Crippen molar-refractivity contribution in [2.45, 2.75) is 0 Å². The van der Waals surface area contributed by atoms with Gasteiger partial charge < -0.3 is 10.5 Å². The summed E-state index contributed by atoms with van der Waals surface area (Å²) >= 11 is 0. The molecule has 0 rings (SSSR count). The Balaban J connectivity index is 4.08. The number of carbonyl (C=O) groups excluding carboxylic acids is 1. The predicted octanol–water partition coefficient (Wildman–Crippen LogP) is 0.744. The van der Waals surface area contributed by atoms with Crippen LogP contribution in [0.5, 0.6) is 0 Å². The molecule has 0 saturated heterocycles. The summed E-state index contributed by atoms with van der Waals surface area (Å²) < 4.78 is 4.75. The summed E-state index contributed by atoms with van der Waals surface area (Å²) in [5.41, 5.74) is 5.38. The van der Waals surface area contributed by atoms with Crippen LogP contribution in [0.4, 0.5) is 0 Å². The lowest BCUT2D eigenvalue weighted by Gasteiger charge is -2.01. The Morgan fingerprint density at radius 2 is 2.00 bits per heavy atom. The Morgan fingerprint density at radius 3 is 2.36 bits per heavy atom. The molecule has 0 radical (unpaired) electrons. The fourth-order valence-electron chi connectivity index (χ4n) is 0.407. The molecule has 0 aromatic carbocycles. The molecule has 2 N–H and O–H groups in total. The van der Waals surface area contributed by atoms with E-state index in [1.54, 1.807) is 0 Å². The van der Waals surface area contributed by atoms with Crippen LogP contribution in [0.3, 0.4) is 0 Å². The van der Waals surface area contributed by atoms with Crippen LogP contribution in [0.2, 0.25) is 0 Å². The molecule has 0 heterocycles. The third kappa shape index (κ3) is 3.97. The van der Waals surface area contributed by atoms with Crippen LogP contribution in [0.25, 0.3) is 0 Å². The number of allylic oxidation sites excluding steroid dienone is 1. The van der Waals surface area contributed by atoms with E-state index in [-0.39, 0.29) is 0 Å². The molecule has 0 aliphatic rings. The number of hydrogen-bond acceptors (Lipinski definition) is 2. The molecule has 0 aliphatic carbocycles. The molecule has 0 aromatic rings. The highest BCUT2D eigenvalue weighted by Gasteiger charge is 1.93. The lowest BCUT2D eigenvalue weighted by atomic mass is 10.2. The number of ether oxygens (including phenoxy) is 1. The summed E-state index contributed by atoms with van der Waals surface area (Å²) in [5.74, 6) is -0.0995. The topological polar surface area (TPSA) is 52.3 Å². The van der Waals surface area contributed by atoms with Crippen molar-refractivity contribution in [1.82, 2.24) is 0 Å². The summed E-state index contributed by atoms with van der Waals surface area (Å²) in [7, 11) is 1.48. The maximum Gasteiger partial charge on any atom is 0.241 e. The van der Waals surface area contributed by atoms with Crippen LogP contribution in [0, 0.1) is 0 Å². The highest BCUT2D eigenvalue weighted by Crippen LogP contribution is 2.05. The minimum Gasteiger partial charge on any atom is -0.497 e. The van der Waals surface area contributed by atoms with Crippen LogP contribution >= 0.6 is 0 Å². The van der Waals surface area contributed by atoms with E-state index in [2.05, 4.69) is 13.2 Å². The largest absolute Gasteiger partial charge is 0.497 e. The van der Waals surface area contributed by atoms with E-state index < -0.39 is 5.91 Å². The van der Waals surface area contributed by atoms with Crippen molar-refractivity contribution in [3.05, 3.63) is 36.6 Å². The van der Waals surface area contributed by atoms with Crippen LogP contribution in [-0.2, 0) is 9.53 Å². The van der Waals surface area contributed by atoms with Gasteiger partial charge in [0.2, 0.25) is 5.91 Å². The van der Waals surface area contributed by atoms with E-state index in [4.69, 9.17) is 10.5 Å². The molecule has 0 aromatic heterocycles. The Morgan fingerprint density at radius 1 is 1.45 bits per heavy atom. The molecular weight excluding hydrogens is 142 g/mol. The highest BCUT2D eigenvalue weighted by atomic mass is 16.5. The van der Waals surface area contributed by atoms with Crippen LogP contribution in [0.1, 0.15) is 0 Å². The number of hydrogen-bond donors (Lipinski definition) is 1. The highest BCUT2D eigenvalue weighted by molar-refractivity contribution is 5.86. The van der Waals surface area contributed by atoms with E-state index in [0.717, 1.165) is 0 Å². The molecule has 60 valence electrons. The van der Waals surface area contributed by atoms with Gasteiger partial charge in [0.25, 0.3) is 0 Å². The summed E-state index contributed by atoms with van der Waals surface area (Å²) in [6, 6.07) is 0. The second kappa shape index (κ2) is 4.33.